The van der Waals surface area contributed by atoms with Crippen molar-refractivity contribution in [3.63, 3.8) is 0 Å². The third kappa shape index (κ3) is 7.36. The molecule has 32 heavy (non-hydrogen) atoms. The van der Waals surface area contributed by atoms with Gasteiger partial charge in [0.25, 0.3) is 0 Å². The molecule has 0 atom stereocenters. The summed E-state index contributed by atoms with van der Waals surface area (Å²) in [5.41, 5.74) is 5.11. The van der Waals surface area contributed by atoms with E-state index < -0.39 is 0 Å². The second kappa shape index (κ2) is 12.0. The fraction of sp³-hybridized carbons (Fsp3) is 0.167. The van der Waals surface area contributed by atoms with Crippen molar-refractivity contribution in [3.05, 3.63) is 91.3 Å². The number of rotatable bonds is 9. The maximum absolute atomic E-state index is 12.1. The molecule has 0 spiro atoms. The number of carbonyl (C=O) groups excluding carboxylic acids is 1. The summed E-state index contributed by atoms with van der Waals surface area (Å²) in [4.78, 5) is 12.1. The molecule has 1 N–H and O–H groups in total. The zero-order valence-corrected chi connectivity index (χ0v) is 21.2. The van der Waals surface area contributed by atoms with E-state index in [0.29, 0.717) is 35.3 Å². The average Bonchev–Trinajstić information content (AvgIpc) is 2.76. The molecule has 0 aromatic heterocycles. The lowest BCUT2D eigenvalue weighted by Crippen LogP contribution is -2.19. The minimum absolute atomic E-state index is 0.214. The summed E-state index contributed by atoms with van der Waals surface area (Å²) in [6.07, 6.45) is 1.75. The van der Waals surface area contributed by atoms with E-state index in [-0.39, 0.29) is 12.3 Å². The van der Waals surface area contributed by atoms with Gasteiger partial charge in [0.2, 0.25) is 5.91 Å². The van der Waals surface area contributed by atoms with Gasteiger partial charge in [-0.25, -0.2) is 5.43 Å². The van der Waals surface area contributed by atoms with Gasteiger partial charge >= 0.3 is 0 Å². The van der Waals surface area contributed by atoms with E-state index in [1.54, 1.807) is 12.1 Å². The number of nitrogens with zero attached hydrogens (tertiary/aromatic N) is 1. The Balaban J connectivity index is 1.65. The molecule has 0 aliphatic carbocycles. The zero-order valence-electron chi connectivity index (χ0n) is 17.3. The van der Waals surface area contributed by atoms with Gasteiger partial charge in [-0.2, -0.15) is 5.10 Å². The highest BCUT2D eigenvalue weighted by Gasteiger charge is 2.13. The summed E-state index contributed by atoms with van der Waals surface area (Å²) in [5, 5.41) is 4.43. The monoisotopic (exact) mass is 578 g/mol. The molecule has 0 saturated heterocycles. The van der Waals surface area contributed by atoms with Crippen LogP contribution >= 0.6 is 43.5 Å². The van der Waals surface area contributed by atoms with Crippen LogP contribution in [0, 0.1) is 0 Å². The van der Waals surface area contributed by atoms with Gasteiger partial charge in [0.05, 0.1) is 24.3 Å². The van der Waals surface area contributed by atoms with E-state index in [2.05, 4.69) is 42.4 Å². The summed E-state index contributed by atoms with van der Waals surface area (Å²) in [5.74, 6) is 0.766. The Kier molecular flexibility index (Phi) is 9.14. The zero-order chi connectivity index (χ0) is 22.9. The molecule has 0 fully saturated rings. The van der Waals surface area contributed by atoms with Crippen LogP contribution in [0.15, 0.2) is 74.7 Å². The molecule has 5 nitrogen and oxygen atoms in total. The van der Waals surface area contributed by atoms with E-state index in [9.17, 15) is 4.79 Å². The molecular weight excluding hydrogens is 560 g/mol. The fourth-order valence-corrected chi connectivity index (χ4v) is 3.61. The van der Waals surface area contributed by atoms with Crippen molar-refractivity contribution in [2.75, 3.05) is 6.61 Å². The average molecular weight is 581 g/mol. The highest BCUT2D eigenvalue weighted by molar-refractivity contribution is 9.10. The van der Waals surface area contributed by atoms with E-state index in [1.807, 2.05) is 55.5 Å². The van der Waals surface area contributed by atoms with Crippen molar-refractivity contribution in [2.24, 2.45) is 5.10 Å². The molecule has 3 aromatic rings. The fourth-order valence-electron chi connectivity index (χ4n) is 2.81. The van der Waals surface area contributed by atoms with Crippen molar-refractivity contribution in [1.82, 2.24) is 5.43 Å². The summed E-state index contributed by atoms with van der Waals surface area (Å²) >= 11 is 13.3. The molecule has 3 rings (SSSR count). The first kappa shape index (κ1) is 24.3. The first-order valence-electron chi connectivity index (χ1n) is 9.84. The van der Waals surface area contributed by atoms with E-state index in [1.165, 1.54) is 6.21 Å². The van der Waals surface area contributed by atoms with E-state index in [0.717, 1.165) is 20.1 Å². The van der Waals surface area contributed by atoms with Crippen molar-refractivity contribution in [1.29, 1.82) is 0 Å². The van der Waals surface area contributed by atoms with Crippen LogP contribution in [0.25, 0.3) is 0 Å². The summed E-state index contributed by atoms with van der Waals surface area (Å²) < 4.78 is 13.6. The second-order valence-electron chi connectivity index (χ2n) is 6.77. The van der Waals surface area contributed by atoms with Crippen molar-refractivity contribution in [3.8, 4) is 11.5 Å². The minimum atomic E-state index is -0.214. The maximum atomic E-state index is 12.1. The van der Waals surface area contributed by atoms with Gasteiger partial charge in [-0.15, -0.1) is 0 Å². The topological polar surface area (TPSA) is 59.9 Å². The van der Waals surface area contributed by atoms with Crippen LogP contribution in [0.1, 0.15) is 23.6 Å². The highest BCUT2D eigenvalue weighted by Crippen LogP contribution is 2.37. The molecule has 0 aliphatic rings. The standard InChI is InChI=1S/C24H21Br2ClN2O3/c1-2-31-22-12-18(14-28-29-23(30)13-16-3-7-19(25)8-4-16)11-21(27)24(22)32-15-17-5-9-20(26)10-6-17/h3-12,14H,2,13,15H2,1H3,(H,29,30)/b28-14+. The Bertz CT molecular complexity index is 1090. The van der Waals surface area contributed by atoms with Gasteiger partial charge in [0.1, 0.15) is 6.61 Å². The Morgan fingerprint density at radius 1 is 1.00 bits per heavy atom. The van der Waals surface area contributed by atoms with Gasteiger partial charge < -0.3 is 9.47 Å². The summed E-state index contributed by atoms with van der Waals surface area (Å²) in [6, 6.07) is 18.9. The van der Waals surface area contributed by atoms with Crippen molar-refractivity contribution < 1.29 is 14.3 Å². The molecule has 0 radical (unpaired) electrons. The normalized spacial score (nSPS) is 10.9. The van der Waals surface area contributed by atoms with Gasteiger partial charge in [-0.05, 0) is 60.0 Å². The lowest BCUT2D eigenvalue weighted by molar-refractivity contribution is -0.120. The predicted molar refractivity (Wildman–Crippen MR) is 135 cm³/mol. The number of hydrazone groups is 1. The van der Waals surface area contributed by atoms with Crippen LogP contribution in [-0.2, 0) is 17.8 Å². The molecule has 0 saturated carbocycles. The molecule has 0 aliphatic heterocycles. The quantitative estimate of drug-likeness (QED) is 0.231. The third-order valence-electron chi connectivity index (χ3n) is 4.31. The predicted octanol–water partition coefficient (Wildman–Crippen LogP) is 6.54. The largest absolute Gasteiger partial charge is 0.490 e. The van der Waals surface area contributed by atoms with Gasteiger partial charge in [0, 0.05) is 8.95 Å². The second-order valence-corrected chi connectivity index (χ2v) is 9.01. The van der Waals surface area contributed by atoms with Crippen LogP contribution < -0.4 is 14.9 Å². The van der Waals surface area contributed by atoms with Gasteiger partial charge in [0.15, 0.2) is 11.5 Å². The van der Waals surface area contributed by atoms with E-state index in [4.69, 9.17) is 21.1 Å². The minimum Gasteiger partial charge on any atom is -0.490 e. The Morgan fingerprint density at radius 3 is 2.25 bits per heavy atom. The third-order valence-corrected chi connectivity index (χ3v) is 5.65. The molecule has 0 bridgehead atoms. The molecule has 0 heterocycles. The van der Waals surface area contributed by atoms with Gasteiger partial charge in [-0.1, -0.05) is 67.7 Å². The van der Waals surface area contributed by atoms with Crippen LogP contribution in [-0.4, -0.2) is 18.7 Å². The molecule has 0 unspecified atom stereocenters. The SMILES string of the molecule is CCOc1cc(/C=N/NC(=O)Cc2ccc(Br)cc2)cc(Cl)c1OCc1ccc(Br)cc1. The smallest absolute Gasteiger partial charge is 0.244 e. The molecule has 166 valence electrons. The number of nitrogens with one attached hydrogen (secondary N) is 1. The Labute approximate surface area is 209 Å². The molecular formula is C24H21Br2ClN2O3. The summed E-state index contributed by atoms with van der Waals surface area (Å²) in [7, 11) is 0. The van der Waals surface area contributed by atoms with Crippen molar-refractivity contribution in [2.45, 2.75) is 20.0 Å². The Hall–Kier alpha value is -2.35. The number of benzene rings is 3. The number of halogens is 3. The lowest BCUT2D eigenvalue weighted by atomic mass is 10.1. The first-order chi connectivity index (χ1) is 15.4. The van der Waals surface area contributed by atoms with Crippen LogP contribution in [0.4, 0.5) is 0 Å². The number of ether oxygens (including phenoxy) is 2. The molecule has 8 heteroatoms. The first-order valence-corrected chi connectivity index (χ1v) is 11.8. The number of hydrogen-bond acceptors (Lipinski definition) is 4. The number of carbonyl (C=O) groups is 1. The van der Waals surface area contributed by atoms with Crippen LogP contribution in [0.5, 0.6) is 11.5 Å². The number of hydrogen-bond donors (Lipinski definition) is 1. The molecule has 3 aromatic carbocycles. The number of amides is 1. The van der Waals surface area contributed by atoms with Crippen LogP contribution in [0.2, 0.25) is 5.02 Å². The van der Waals surface area contributed by atoms with Crippen molar-refractivity contribution >= 4 is 55.6 Å². The van der Waals surface area contributed by atoms with E-state index >= 15 is 0 Å². The van der Waals surface area contributed by atoms with Crippen LogP contribution in [0.3, 0.4) is 0 Å². The Morgan fingerprint density at radius 2 is 1.62 bits per heavy atom. The molecule has 1 amide bonds. The highest BCUT2D eigenvalue weighted by atomic mass is 79.9. The maximum Gasteiger partial charge on any atom is 0.244 e. The van der Waals surface area contributed by atoms with Gasteiger partial charge in [-0.3, -0.25) is 4.79 Å². The lowest BCUT2D eigenvalue weighted by Gasteiger charge is -2.14. The summed E-state index contributed by atoms with van der Waals surface area (Å²) in [6.45, 7) is 2.69.